The Morgan fingerprint density at radius 2 is 2.04 bits per heavy atom. The summed E-state index contributed by atoms with van der Waals surface area (Å²) in [5.41, 5.74) is 0. The van der Waals surface area contributed by atoms with Crippen molar-refractivity contribution in [3.8, 4) is 0 Å². The van der Waals surface area contributed by atoms with E-state index < -0.39 is 0 Å². The molecule has 6 heteroatoms. The summed E-state index contributed by atoms with van der Waals surface area (Å²) < 4.78 is 6.08. The molecule has 0 saturated carbocycles. The summed E-state index contributed by atoms with van der Waals surface area (Å²) >= 11 is 1.85. The van der Waals surface area contributed by atoms with Crippen LogP contribution in [0.5, 0.6) is 0 Å². The van der Waals surface area contributed by atoms with Gasteiger partial charge in [-0.2, -0.15) is 11.8 Å². The summed E-state index contributed by atoms with van der Waals surface area (Å²) in [6.07, 6.45) is 4.68. The monoisotopic (exact) mass is 366 g/mol. The van der Waals surface area contributed by atoms with E-state index in [9.17, 15) is 0 Å². The minimum atomic E-state index is 0.148. The van der Waals surface area contributed by atoms with Crippen molar-refractivity contribution in [3.63, 3.8) is 0 Å². The average Bonchev–Trinajstić information content (AvgIpc) is 3.25. The second-order valence-electron chi connectivity index (χ2n) is 7.25. The van der Waals surface area contributed by atoms with E-state index in [1.807, 2.05) is 18.7 Å². The third-order valence-corrected chi connectivity index (χ3v) is 5.88. The molecule has 0 bridgehead atoms. The molecular weight excluding hydrogens is 332 g/mol. The molecule has 1 saturated heterocycles. The van der Waals surface area contributed by atoms with Crippen molar-refractivity contribution in [3.05, 3.63) is 23.7 Å². The Bertz CT molecular complexity index is 549. The molecule has 2 N–H and O–H groups in total. The molecule has 0 aliphatic carbocycles. The van der Waals surface area contributed by atoms with Gasteiger partial charge >= 0.3 is 0 Å². The van der Waals surface area contributed by atoms with Gasteiger partial charge < -0.3 is 15.1 Å². The summed E-state index contributed by atoms with van der Waals surface area (Å²) in [5.74, 6) is 2.91. The summed E-state index contributed by atoms with van der Waals surface area (Å²) in [4.78, 5) is 7.29. The molecule has 0 spiro atoms. The van der Waals surface area contributed by atoms with E-state index in [2.05, 4.69) is 54.7 Å². The Balaban J connectivity index is 2.04. The van der Waals surface area contributed by atoms with Gasteiger partial charge in [-0.05, 0) is 72.0 Å². The zero-order valence-corrected chi connectivity index (χ0v) is 17.2. The van der Waals surface area contributed by atoms with Gasteiger partial charge in [0.05, 0.1) is 12.6 Å². The average molecular weight is 367 g/mol. The maximum absolute atomic E-state index is 5.94. The molecule has 25 heavy (non-hydrogen) atoms. The summed E-state index contributed by atoms with van der Waals surface area (Å²) in [6, 6.07) is 4.42. The van der Waals surface area contributed by atoms with Crippen LogP contribution in [0.3, 0.4) is 0 Å². The highest BCUT2D eigenvalue weighted by Crippen LogP contribution is 2.26. The number of aryl methyl sites for hydroxylation is 1. The second kappa shape index (κ2) is 9.53. The van der Waals surface area contributed by atoms with E-state index in [-0.39, 0.29) is 10.8 Å². The van der Waals surface area contributed by atoms with Gasteiger partial charge in [0.1, 0.15) is 11.5 Å². The SMILES string of the molecule is CCNC(=NCC(C)(C)SC)NCC(c1ccc(C)o1)N1CCCC1. The van der Waals surface area contributed by atoms with Gasteiger partial charge in [0, 0.05) is 17.8 Å². The van der Waals surface area contributed by atoms with E-state index in [0.29, 0.717) is 0 Å². The van der Waals surface area contributed by atoms with E-state index in [1.54, 1.807) is 0 Å². The van der Waals surface area contributed by atoms with Crippen LogP contribution in [0.4, 0.5) is 0 Å². The number of nitrogens with one attached hydrogen (secondary N) is 2. The number of guanidine groups is 1. The lowest BCUT2D eigenvalue weighted by molar-refractivity contribution is 0.213. The van der Waals surface area contributed by atoms with Gasteiger partial charge in [-0.1, -0.05) is 0 Å². The maximum Gasteiger partial charge on any atom is 0.191 e. The van der Waals surface area contributed by atoms with Gasteiger partial charge in [-0.15, -0.1) is 0 Å². The standard InChI is InChI=1S/C19H34N4OS/c1-6-20-18(22-14-19(3,4)25-5)21-13-16(23-11-7-8-12-23)17-10-9-15(2)24-17/h9-10,16H,6-8,11-14H2,1-5H3,(H2,20,21,22). The molecular formula is C19H34N4OS. The third kappa shape index (κ3) is 6.26. The normalized spacial score (nSPS) is 17.7. The van der Waals surface area contributed by atoms with Crippen LogP contribution in [-0.4, -0.2) is 54.6 Å². The summed E-state index contributed by atoms with van der Waals surface area (Å²) in [5, 5.41) is 6.89. The van der Waals surface area contributed by atoms with Crippen molar-refractivity contribution in [1.82, 2.24) is 15.5 Å². The quantitative estimate of drug-likeness (QED) is 0.545. The molecule has 1 aromatic heterocycles. The fraction of sp³-hybridized carbons (Fsp3) is 0.737. The lowest BCUT2D eigenvalue weighted by Crippen LogP contribution is -2.43. The second-order valence-corrected chi connectivity index (χ2v) is 8.76. The van der Waals surface area contributed by atoms with Crippen LogP contribution in [0.15, 0.2) is 21.5 Å². The molecule has 1 unspecified atom stereocenters. The molecule has 1 aliphatic rings. The Kier molecular flexibility index (Phi) is 7.69. The Labute approximate surface area is 157 Å². The zero-order valence-electron chi connectivity index (χ0n) is 16.4. The predicted molar refractivity (Wildman–Crippen MR) is 109 cm³/mol. The Morgan fingerprint density at radius 1 is 1.32 bits per heavy atom. The van der Waals surface area contributed by atoms with E-state index in [4.69, 9.17) is 9.41 Å². The summed E-state index contributed by atoms with van der Waals surface area (Å²) in [6.45, 7) is 13.3. The highest BCUT2D eigenvalue weighted by atomic mass is 32.2. The number of nitrogens with zero attached hydrogens (tertiary/aromatic N) is 2. The van der Waals surface area contributed by atoms with Crippen molar-refractivity contribution in [2.45, 2.75) is 51.3 Å². The molecule has 2 heterocycles. The number of rotatable bonds is 8. The minimum Gasteiger partial charge on any atom is -0.465 e. The highest BCUT2D eigenvalue weighted by Gasteiger charge is 2.26. The van der Waals surface area contributed by atoms with Crippen LogP contribution in [0.25, 0.3) is 0 Å². The van der Waals surface area contributed by atoms with Crippen molar-refractivity contribution in [1.29, 1.82) is 0 Å². The number of furan rings is 1. The van der Waals surface area contributed by atoms with Crippen LogP contribution < -0.4 is 10.6 Å². The van der Waals surface area contributed by atoms with E-state index >= 15 is 0 Å². The summed E-state index contributed by atoms with van der Waals surface area (Å²) in [7, 11) is 0. The zero-order chi connectivity index (χ0) is 18.3. The first-order valence-electron chi connectivity index (χ1n) is 9.33. The fourth-order valence-corrected chi connectivity index (χ4v) is 3.16. The van der Waals surface area contributed by atoms with Crippen LogP contribution in [-0.2, 0) is 0 Å². The molecule has 0 amide bonds. The topological polar surface area (TPSA) is 52.8 Å². The number of thioether (sulfide) groups is 1. The number of hydrogen-bond acceptors (Lipinski definition) is 4. The van der Waals surface area contributed by atoms with Gasteiger partial charge in [-0.3, -0.25) is 9.89 Å². The third-order valence-electron chi connectivity index (χ3n) is 4.65. The first-order valence-corrected chi connectivity index (χ1v) is 10.6. The van der Waals surface area contributed by atoms with Crippen LogP contribution in [0.2, 0.25) is 0 Å². The lowest BCUT2D eigenvalue weighted by atomic mass is 10.2. The van der Waals surface area contributed by atoms with E-state index in [1.165, 1.54) is 12.8 Å². The molecule has 142 valence electrons. The van der Waals surface area contributed by atoms with Gasteiger partial charge in [0.15, 0.2) is 5.96 Å². The van der Waals surface area contributed by atoms with Gasteiger partial charge in [-0.25, -0.2) is 0 Å². The van der Waals surface area contributed by atoms with Crippen LogP contribution in [0.1, 0.15) is 51.2 Å². The molecule has 1 aromatic rings. The molecule has 1 fully saturated rings. The molecule has 5 nitrogen and oxygen atoms in total. The van der Waals surface area contributed by atoms with Crippen molar-refractivity contribution < 1.29 is 4.42 Å². The predicted octanol–water partition coefficient (Wildman–Crippen LogP) is 3.42. The molecule has 0 radical (unpaired) electrons. The Hall–Kier alpha value is -1.14. The van der Waals surface area contributed by atoms with E-state index in [0.717, 1.165) is 50.2 Å². The van der Waals surface area contributed by atoms with Crippen LogP contribution in [0, 0.1) is 6.92 Å². The van der Waals surface area contributed by atoms with Gasteiger partial charge in [0.25, 0.3) is 0 Å². The first kappa shape index (κ1) is 20.2. The van der Waals surface area contributed by atoms with Gasteiger partial charge in [0.2, 0.25) is 0 Å². The number of aliphatic imine (C=N–C) groups is 1. The molecule has 0 aromatic carbocycles. The first-order chi connectivity index (χ1) is 11.9. The number of likely N-dealkylation sites (tertiary alicyclic amines) is 1. The maximum atomic E-state index is 5.94. The molecule has 1 aliphatic heterocycles. The smallest absolute Gasteiger partial charge is 0.191 e. The molecule has 2 rings (SSSR count). The Morgan fingerprint density at radius 3 is 2.60 bits per heavy atom. The van der Waals surface area contributed by atoms with Crippen molar-refractivity contribution in [2.24, 2.45) is 4.99 Å². The fourth-order valence-electron chi connectivity index (χ4n) is 2.96. The highest BCUT2D eigenvalue weighted by molar-refractivity contribution is 7.99. The van der Waals surface area contributed by atoms with Crippen LogP contribution >= 0.6 is 11.8 Å². The molecule has 1 atom stereocenters. The van der Waals surface area contributed by atoms with Crippen molar-refractivity contribution in [2.75, 3.05) is 39.0 Å². The number of hydrogen-bond donors (Lipinski definition) is 2. The minimum absolute atomic E-state index is 0.148. The van der Waals surface area contributed by atoms with Crippen molar-refractivity contribution >= 4 is 17.7 Å². The lowest BCUT2D eigenvalue weighted by Gasteiger charge is -2.27. The largest absolute Gasteiger partial charge is 0.465 e.